The fraction of sp³-hybridized carbons (Fsp3) is 0.700. The van der Waals surface area contributed by atoms with Crippen molar-refractivity contribution in [1.82, 2.24) is 15.0 Å². The smallest absolute Gasteiger partial charge is 0.358 e. The highest BCUT2D eigenvalue weighted by Crippen LogP contribution is 2.22. The molecule has 2 rings (SSSR count). The van der Waals surface area contributed by atoms with E-state index >= 15 is 0 Å². The molecule has 1 aromatic rings. The van der Waals surface area contributed by atoms with Crippen LogP contribution in [0.2, 0.25) is 0 Å². The molecule has 7 heteroatoms. The van der Waals surface area contributed by atoms with Crippen LogP contribution in [0.1, 0.15) is 35.1 Å². The topological polar surface area (TPSA) is 103 Å². The molecule has 0 spiro atoms. The van der Waals surface area contributed by atoms with Crippen molar-refractivity contribution in [3.63, 3.8) is 0 Å². The Morgan fingerprint density at radius 3 is 2.82 bits per heavy atom. The lowest BCUT2D eigenvalue weighted by Crippen LogP contribution is -2.23. The van der Waals surface area contributed by atoms with E-state index in [1.54, 1.807) is 4.68 Å². The van der Waals surface area contributed by atoms with E-state index in [-0.39, 0.29) is 11.7 Å². The van der Waals surface area contributed by atoms with Gasteiger partial charge in [-0.3, -0.25) is 0 Å². The van der Waals surface area contributed by atoms with Crippen molar-refractivity contribution >= 4 is 5.97 Å². The number of nitrogens with zero attached hydrogens (tertiary/aromatic N) is 3. The third-order valence-electron chi connectivity index (χ3n) is 2.91. The van der Waals surface area contributed by atoms with Gasteiger partial charge in [0.15, 0.2) is 5.69 Å². The maximum absolute atomic E-state index is 11.0. The van der Waals surface area contributed by atoms with Crippen LogP contribution in [0.5, 0.6) is 0 Å². The maximum atomic E-state index is 11.0. The van der Waals surface area contributed by atoms with E-state index in [1.165, 1.54) is 0 Å². The highest BCUT2D eigenvalue weighted by atomic mass is 16.5. The molecule has 1 aromatic heterocycles. The van der Waals surface area contributed by atoms with Gasteiger partial charge in [-0.05, 0) is 19.4 Å². The van der Waals surface area contributed by atoms with Gasteiger partial charge < -0.3 is 15.6 Å². The largest absolute Gasteiger partial charge is 0.476 e. The number of carbonyl (C=O) groups is 1. The van der Waals surface area contributed by atoms with E-state index < -0.39 is 5.97 Å². The molecule has 0 aromatic carbocycles. The number of carboxylic acids is 1. The van der Waals surface area contributed by atoms with Gasteiger partial charge in [0.25, 0.3) is 0 Å². The van der Waals surface area contributed by atoms with Crippen molar-refractivity contribution < 1.29 is 14.6 Å². The first-order valence-corrected chi connectivity index (χ1v) is 5.69. The van der Waals surface area contributed by atoms with Gasteiger partial charge in [-0.2, -0.15) is 0 Å². The number of rotatable bonds is 4. The standard InChI is InChI=1S/C10H16N4O3/c11-4-1-8-9(10(15)16)12-13-14(8)7-2-5-17-6-3-7/h7H,1-6,11H2,(H,15,16). The second-order valence-corrected chi connectivity index (χ2v) is 4.02. The third-order valence-corrected chi connectivity index (χ3v) is 2.91. The van der Waals surface area contributed by atoms with Crippen molar-refractivity contribution in [2.45, 2.75) is 25.3 Å². The Morgan fingerprint density at radius 2 is 2.24 bits per heavy atom. The molecule has 1 aliphatic rings. The van der Waals surface area contributed by atoms with Gasteiger partial charge in [-0.1, -0.05) is 5.21 Å². The number of carboxylic acid groups (broad SMARTS) is 1. The Kier molecular flexibility index (Phi) is 3.70. The molecule has 94 valence electrons. The number of nitrogens with two attached hydrogens (primary N) is 1. The van der Waals surface area contributed by atoms with Crippen LogP contribution in [-0.2, 0) is 11.2 Å². The second kappa shape index (κ2) is 5.24. The van der Waals surface area contributed by atoms with Crippen LogP contribution in [0.15, 0.2) is 0 Å². The summed E-state index contributed by atoms with van der Waals surface area (Å²) in [6.07, 6.45) is 2.14. The predicted molar refractivity (Wildman–Crippen MR) is 58.8 cm³/mol. The normalized spacial score (nSPS) is 17.2. The van der Waals surface area contributed by atoms with Crippen LogP contribution in [-0.4, -0.2) is 45.8 Å². The monoisotopic (exact) mass is 240 g/mol. The first-order valence-electron chi connectivity index (χ1n) is 5.69. The Balaban J connectivity index is 2.28. The molecule has 0 aliphatic carbocycles. The molecule has 0 saturated carbocycles. The lowest BCUT2D eigenvalue weighted by atomic mass is 10.1. The van der Waals surface area contributed by atoms with Crippen LogP contribution in [0, 0.1) is 0 Å². The van der Waals surface area contributed by atoms with Crippen LogP contribution in [0.4, 0.5) is 0 Å². The lowest BCUT2D eigenvalue weighted by molar-refractivity contribution is 0.0648. The number of aromatic nitrogens is 3. The highest BCUT2D eigenvalue weighted by molar-refractivity contribution is 5.86. The van der Waals surface area contributed by atoms with Gasteiger partial charge in [-0.15, -0.1) is 5.10 Å². The lowest BCUT2D eigenvalue weighted by Gasteiger charge is -2.23. The number of aromatic carboxylic acids is 1. The minimum Gasteiger partial charge on any atom is -0.476 e. The molecule has 0 radical (unpaired) electrons. The van der Waals surface area contributed by atoms with Gasteiger partial charge in [-0.25, -0.2) is 9.48 Å². The van der Waals surface area contributed by atoms with Crippen molar-refractivity contribution in [3.05, 3.63) is 11.4 Å². The van der Waals surface area contributed by atoms with E-state index in [2.05, 4.69) is 10.3 Å². The van der Waals surface area contributed by atoms with Crippen LogP contribution >= 0.6 is 0 Å². The summed E-state index contributed by atoms with van der Waals surface area (Å²) in [7, 11) is 0. The first kappa shape index (κ1) is 12.0. The summed E-state index contributed by atoms with van der Waals surface area (Å²) in [5.41, 5.74) is 6.13. The molecule has 1 fully saturated rings. The summed E-state index contributed by atoms with van der Waals surface area (Å²) in [5.74, 6) is -1.05. The van der Waals surface area contributed by atoms with Gasteiger partial charge >= 0.3 is 5.97 Å². The van der Waals surface area contributed by atoms with Gasteiger partial charge in [0.1, 0.15) is 0 Å². The van der Waals surface area contributed by atoms with Crippen molar-refractivity contribution in [2.75, 3.05) is 19.8 Å². The maximum Gasteiger partial charge on any atom is 0.358 e. The van der Waals surface area contributed by atoms with E-state index in [0.717, 1.165) is 12.8 Å². The van der Waals surface area contributed by atoms with Crippen LogP contribution in [0.3, 0.4) is 0 Å². The van der Waals surface area contributed by atoms with Gasteiger partial charge in [0.2, 0.25) is 0 Å². The molecule has 2 heterocycles. The first-order chi connectivity index (χ1) is 8.24. The highest BCUT2D eigenvalue weighted by Gasteiger charge is 2.24. The van der Waals surface area contributed by atoms with Crippen molar-refractivity contribution in [1.29, 1.82) is 0 Å². The zero-order chi connectivity index (χ0) is 12.3. The summed E-state index contributed by atoms with van der Waals surface area (Å²) < 4.78 is 6.98. The fourth-order valence-corrected chi connectivity index (χ4v) is 2.07. The molecule has 0 bridgehead atoms. The summed E-state index contributed by atoms with van der Waals surface area (Å²) in [6.45, 7) is 1.74. The number of hydrogen-bond acceptors (Lipinski definition) is 5. The average Bonchev–Trinajstić information content (AvgIpc) is 2.75. The van der Waals surface area contributed by atoms with E-state index in [0.29, 0.717) is 31.9 Å². The molecule has 1 saturated heterocycles. The third kappa shape index (κ3) is 2.45. The summed E-state index contributed by atoms with van der Waals surface area (Å²) >= 11 is 0. The van der Waals surface area contributed by atoms with Crippen molar-refractivity contribution in [3.8, 4) is 0 Å². The Morgan fingerprint density at radius 1 is 1.53 bits per heavy atom. The zero-order valence-electron chi connectivity index (χ0n) is 9.50. The van der Waals surface area contributed by atoms with Gasteiger partial charge in [0, 0.05) is 19.6 Å². The predicted octanol–water partition coefficient (Wildman–Crippen LogP) is -0.171. The molecule has 0 unspecified atom stereocenters. The molecule has 0 atom stereocenters. The summed E-state index contributed by atoms with van der Waals surface area (Å²) in [5, 5.41) is 16.7. The SMILES string of the molecule is NCCc1c(C(=O)O)nnn1C1CCOCC1. The van der Waals surface area contributed by atoms with Gasteiger partial charge in [0.05, 0.1) is 11.7 Å². The zero-order valence-corrected chi connectivity index (χ0v) is 9.50. The van der Waals surface area contributed by atoms with Crippen molar-refractivity contribution in [2.24, 2.45) is 5.73 Å². The number of hydrogen-bond donors (Lipinski definition) is 2. The molecule has 17 heavy (non-hydrogen) atoms. The molecule has 7 nitrogen and oxygen atoms in total. The number of ether oxygens (including phenoxy) is 1. The Bertz CT molecular complexity index is 398. The molecule has 1 aliphatic heterocycles. The van der Waals surface area contributed by atoms with E-state index in [9.17, 15) is 4.79 Å². The quantitative estimate of drug-likeness (QED) is 0.757. The molecular formula is C10H16N4O3. The van der Waals surface area contributed by atoms with E-state index in [4.69, 9.17) is 15.6 Å². The fourth-order valence-electron chi connectivity index (χ4n) is 2.07. The molecule has 3 N–H and O–H groups in total. The van der Waals surface area contributed by atoms with Crippen LogP contribution < -0.4 is 5.73 Å². The molecular weight excluding hydrogens is 224 g/mol. The molecule has 0 amide bonds. The summed E-state index contributed by atoms with van der Waals surface area (Å²) in [6, 6.07) is 0.172. The Labute approximate surface area is 98.5 Å². The van der Waals surface area contributed by atoms with Crippen LogP contribution in [0.25, 0.3) is 0 Å². The average molecular weight is 240 g/mol. The second-order valence-electron chi connectivity index (χ2n) is 4.02. The summed E-state index contributed by atoms with van der Waals surface area (Å²) in [4.78, 5) is 11.0. The Hall–Kier alpha value is -1.47. The van der Waals surface area contributed by atoms with E-state index in [1.807, 2.05) is 0 Å². The minimum atomic E-state index is -1.05. The minimum absolute atomic E-state index is 0.0157.